The van der Waals surface area contributed by atoms with E-state index in [4.69, 9.17) is 5.73 Å². The molecule has 0 bridgehead atoms. The Hall–Kier alpha value is -0.560. The predicted molar refractivity (Wildman–Crippen MR) is 49.4 cm³/mol. The number of unbranched alkanes of at least 4 members (excludes halogenated alkanes) is 1. The lowest BCUT2D eigenvalue weighted by Crippen LogP contribution is -1.98. The van der Waals surface area contributed by atoms with Crippen LogP contribution in [0.15, 0.2) is 23.8 Å². The summed E-state index contributed by atoms with van der Waals surface area (Å²) in [5.41, 5.74) is 7.01. The normalized spacial score (nSPS) is 16.6. The van der Waals surface area contributed by atoms with Crippen molar-refractivity contribution < 1.29 is 0 Å². The maximum atomic E-state index is 5.41. The van der Waals surface area contributed by atoms with Crippen LogP contribution in [0.3, 0.4) is 0 Å². The fourth-order valence-electron chi connectivity index (χ4n) is 1.36. The molecule has 0 saturated heterocycles. The molecule has 1 rings (SSSR count). The van der Waals surface area contributed by atoms with Gasteiger partial charge in [0.2, 0.25) is 0 Å². The summed E-state index contributed by atoms with van der Waals surface area (Å²) in [7, 11) is 0. The molecule has 0 amide bonds. The molecule has 1 heteroatoms. The first-order chi connectivity index (χ1) is 5.43. The second-order valence-electron chi connectivity index (χ2n) is 3.04. The lowest BCUT2D eigenvalue weighted by Gasteiger charge is -2.07. The van der Waals surface area contributed by atoms with Gasteiger partial charge in [0.1, 0.15) is 0 Å². The smallest absolute Gasteiger partial charge is 0.00772 e. The number of rotatable bonds is 4. The van der Waals surface area contributed by atoms with E-state index in [1.54, 1.807) is 5.57 Å². The molecule has 0 radical (unpaired) electrons. The van der Waals surface area contributed by atoms with E-state index in [1.807, 2.05) is 0 Å². The molecule has 0 fully saturated rings. The highest BCUT2D eigenvalue weighted by Gasteiger charge is 1.98. The molecule has 2 N–H and O–H groups in total. The van der Waals surface area contributed by atoms with Gasteiger partial charge in [-0.3, -0.25) is 0 Å². The molecule has 1 aliphatic rings. The van der Waals surface area contributed by atoms with E-state index in [2.05, 4.69) is 18.2 Å². The van der Waals surface area contributed by atoms with Crippen LogP contribution in [0.4, 0.5) is 0 Å². The molecule has 0 aromatic carbocycles. The highest BCUT2D eigenvalue weighted by Crippen LogP contribution is 2.17. The van der Waals surface area contributed by atoms with Gasteiger partial charge in [0.25, 0.3) is 0 Å². The van der Waals surface area contributed by atoms with Crippen LogP contribution in [0.5, 0.6) is 0 Å². The van der Waals surface area contributed by atoms with Gasteiger partial charge in [0.05, 0.1) is 0 Å². The summed E-state index contributed by atoms with van der Waals surface area (Å²) in [5, 5.41) is 0. The molecular weight excluding hydrogens is 134 g/mol. The molecule has 0 heterocycles. The van der Waals surface area contributed by atoms with Crippen molar-refractivity contribution in [2.24, 2.45) is 5.73 Å². The molecule has 0 spiro atoms. The van der Waals surface area contributed by atoms with Crippen LogP contribution in [0.1, 0.15) is 32.1 Å². The molecule has 0 unspecified atom stereocenters. The van der Waals surface area contributed by atoms with Gasteiger partial charge in [-0.25, -0.2) is 0 Å². The summed E-state index contributed by atoms with van der Waals surface area (Å²) in [5.74, 6) is 0. The minimum absolute atomic E-state index is 0.836. The molecule has 0 aromatic heterocycles. The average molecular weight is 151 g/mol. The monoisotopic (exact) mass is 151 g/mol. The van der Waals surface area contributed by atoms with Crippen molar-refractivity contribution in [3.63, 3.8) is 0 Å². The van der Waals surface area contributed by atoms with Crippen LogP contribution in [-0.2, 0) is 0 Å². The van der Waals surface area contributed by atoms with Crippen molar-refractivity contribution in [3.8, 4) is 0 Å². The van der Waals surface area contributed by atoms with Crippen molar-refractivity contribution >= 4 is 0 Å². The predicted octanol–water partition coefficient (Wildman–Crippen LogP) is 2.39. The molecule has 0 saturated carbocycles. The van der Waals surface area contributed by atoms with Crippen molar-refractivity contribution in [2.45, 2.75) is 32.1 Å². The van der Waals surface area contributed by atoms with Gasteiger partial charge in [-0.05, 0) is 38.6 Å². The SMILES string of the molecule is NCCCCC1=CC=CCC1. The van der Waals surface area contributed by atoms with E-state index < -0.39 is 0 Å². The number of nitrogens with two attached hydrogens (primary N) is 1. The Morgan fingerprint density at radius 2 is 2.27 bits per heavy atom. The highest BCUT2D eigenvalue weighted by molar-refractivity contribution is 5.17. The Kier molecular flexibility index (Phi) is 3.99. The lowest BCUT2D eigenvalue weighted by molar-refractivity contribution is 0.716. The molecular formula is C10H17N. The highest BCUT2D eigenvalue weighted by atomic mass is 14.5. The second kappa shape index (κ2) is 5.14. The zero-order chi connectivity index (χ0) is 7.94. The standard InChI is InChI=1S/C10H17N/c11-9-5-4-8-10-6-2-1-3-7-10/h1-2,6H,3-5,7-9,11H2. The topological polar surface area (TPSA) is 26.0 Å². The Morgan fingerprint density at radius 1 is 1.36 bits per heavy atom. The van der Waals surface area contributed by atoms with Gasteiger partial charge in [0.15, 0.2) is 0 Å². The minimum Gasteiger partial charge on any atom is -0.330 e. The van der Waals surface area contributed by atoms with Crippen molar-refractivity contribution in [3.05, 3.63) is 23.8 Å². The third kappa shape index (κ3) is 3.38. The summed E-state index contributed by atoms with van der Waals surface area (Å²) in [6, 6.07) is 0. The number of allylic oxidation sites excluding steroid dienone is 4. The minimum atomic E-state index is 0.836. The largest absolute Gasteiger partial charge is 0.330 e. The first-order valence-electron chi connectivity index (χ1n) is 4.48. The van der Waals surface area contributed by atoms with Crippen molar-refractivity contribution in [1.82, 2.24) is 0 Å². The van der Waals surface area contributed by atoms with E-state index in [1.165, 1.54) is 32.1 Å². The molecule has 0 aliphatic heterocycles. The van der Waals surface area contributed by atoms with Crippen LogP contribution < -0.4 is 5.73 Å². The van der Waals surface area contributed by atoms with Crippen LogP contribution in [0.25, 0.3) is 0 Å². The Bertz CT molecular complexity index is 156. The molecule has 1 aliphatic carbocycles. The quantitative estimate of drug-likeness (QED) is 0.613. The van der Waals surface area contributed by atoms with Gasteiger partial charge in [-0.1, -0.05) is 23.8 Å². The summed E-state index contributed by atoms with van der Waals surface area (Å²) in [4.78, 5) is 0. The lowest BCUT2D eigenvalue weighted by atomic mass is 10.00. The Balaban J connectivity index is 2.15. The molecule has 62 valence electrons. The summed E-state index contributed by atoms with van der Waals surface area (Å²) in [6.07, 6.45) is 12.8. The summed E-state index contributed by atoms with van der Waals surface area (Å²) < 4.78 is 0. The molecule has 0 aromatic rings. The molecule has 0 atom stereocenters. The Morgan fingerprint density at radius 3 is 2.91 bits per heavy atom. The average Bonchev–Trinajstić information content (AvgIpc) is 2.07. The van der Waals surface area contributed by atoms with Gasteiger partial charge in [-0.2, -0.15) is 0 Å². The van der Waals surface area contributed by atoms with Gasteiger partial charge in [-0.15, -0.1) is 0 Å². The third-order valence-corrected chi connectivity index (χ3v) is 2.05. The maximum Gasteiger partial charge on any atom is -0.00772 e. The summed E-state index contributed by atoms with van der Waals surface area (Å²) in [6.45, 7) is 0.836. The van der Waals surface area contributed by atoms with E-state index in [0.717, 1.165) is 6.54 Å². The van der Waals surface area contributed by atoms with E-state index in [-0.39, 0.29) is 0 Å². The number of hydrogen-bond donors (Lipinski definition) is 1. The van der Waals surface area contributed by atoms with Gasteiger partial charge in [0, 0.05) is 0 Å². The maximum absolute atomic E-state index is 5.41. The molecule has 1 nitrogen and oxygen atoms in total. The zero-order valence-corrected chi connectivity index (χ0v) is 7.05. The first-order valence-corrected chi connectivity index (χ1v) is 4.48. The van der Waals surface area contributed by atoms with Crippen molar-refractivity contribution in [1.29, 1.82) is 0 Å². The summed E-state index contributed by atoms with van der Waals surface area (Å²) >= 11 is 0. The van der Waals surface area contributed by atoms with Crippen LogP contribution in [0, 0.1) is 0 Å². The van der Waals surface area contributed by atoms with Crippen molar-refractivity contribution in [2.75, 3.05) is 6.54 Å². The molecule has 11 heavy (non-hydrogen) atoms. The van der Waals surface area contributed by atoms with Crippen LogP contribution >= 0.6 is 0 Å². The van der Waals surface area contributed by atoms with E-state index in [0.29, 0.717) is 0 Å². The zero-order valence-electron chi connectivity index (χ0n) is 7.05. The van der Waals surface area contributed by atoms with Gasteiger partial charge < -0.3 is 5.73 Å². The second-order valence-corrected chi connectivity index (χ2v) is 3.04. The fraction of sp³-hybridized carbons (Fsp3) is 0.600. The first kappa shape index (κ1) is 8.54. The van der Waals surface area contributed by atoms with E-state index in [9.17, 15) is 0 Å². The van der Waals surface area contributed by atoms with Gasteiger partial charge >= 0.3 is 0 Å². The Labute approximate surface area is 69.0 Å². The van der Waals surface area contributed by atoms with Crippen LogP contribution in [-0.4, -0.2) is 6.54 Å². The van der Waals surface area contributed by atoms with E-state index >= 15 is 0 Å². The van der Waals surface area contributed by atoms with Crippen LogP contribution in [0.2, 0.25) is 0 Å². The number of hydrogen-bond acceptors (Lipinski definition) is 1. The fourth-order valence-corrected chi connectivity index (χ4v) is 1.36. The third-order valence-electron chi connectivity index (χ3n) is 2.05.